The Hall–Kier alpha value is -1.44. The molecule has 0 aliphatic heterocycles. The van der Waals surface area contributed by atoms with Gasteiger partial charge in [0.1, 0.15) is 0 Å². The maximum atomic E-state index is 12.9. The van der Waals surface area contributed by atoms with Gasteiger partial charge in [0.15, 0.2) is 0 Å². The lowest BCUT2D eigenvalue weighted by Gasteiger charge is -2.69. The molecule has 2 bridgehead atoms. The molecular formula is C28H40O6S. The predicted molar refractivity (Wildman–Crippen MR) is 132 cm³/mol. The number of carbonyl (C=O) groups is 1. The summed E-state index contributed by atoms with van der Waals surface area (Å²) in [6.45, 7) is 6.38. The number of methoxy groups -OCH3 is 1. The highest BCUT2D eigenvalue weighted by Gasteiger charge is 2.68. The van der Waals surface area contributed by atoms with E-state index in [2.05, 4.69) is 13.8 Å². The molecule has 5 fully saturated rings. The van der Waals surface area contributed by atoms with E-state index in [1.54, 1.807) is 24.3 Å². The minimum Gasteiger partial charge on any atom is -0.469 e. The van der Waals surface area contributed by atoms with E-state index in [9.17, 15) is 18.3 Å². The van der Waals surface area contributed by atoms with Gasteiger partial charge in [-0.15, -0.1) is 0 Å². The van der Waals surface area contributed by atoms with Gasteiger partial charge in [0.2, 0.25) is 0 Å². The molecule has 0 amide bonds. The second-order valence-electron chi connectivity index (χ2n) is 12.3. The van der Waals surface area contributed by atoms with Gasteiger partial charge in [-0.05, 0) is 94.1 Å². The number of aliphatic hydroxyl groups is 1. The van der Waals surface area contributed by atoms with E-state index in [-0.39, 0.29) is 46.1 Å². The van der Waals surface area contributed by atoms with E-state index in [1.807, 2.05) is 6.92 Å². The lowest BCUT2D eigenvalue weighted by molar-refractivity contribution is -0.247. The van der Waals surface area contributed by atoms with Crippen molar-refractivity contribution in [2.24, 2.45) is 39.9 Å². The molecule has 1 N–H and O–H groups in total. The summed E-state index contributed by atoms with van der Waals surface area (Å²) < 4.78 is 36.5. The molecule has 1 aromatic carbocycles. The van der Waals surface area contributed by atoms with Gasteiger partial charge >= 0.3 is 5.97 Å². The van der Waals surface area contributed by atoms with Gasteiger partial charge in [-0.1, -0.05) is 31.0 Å². The predicted octanol–water partition coefficient (Wildman–Crippen LogP) is 4.87. The summed E-state index contributed by atoms with van der Waals surface area (Å²) in [7, 11) is -2.38. The number of aryl methyl sites for hydroxylation is 1. The van der Waals surface area contributed by atoms with E-state index < -0.39 is 21.6 Å². The van der Waals surface area contributed by atoms with Crippen molar-refractivity contribution in [2.45, 2.75) is 83.1 Å². The van der Waals surface area contributed by atoms with Gasteiger partial charge in [-0.3, -0.25) is 8.98 Å². The SMILES string of the molecule is COC(=O)[C@]1(C)CCC[C@@]2(C)[C@@H]3C[C@@H]4CC[C@@]3(CC[C@@H]21)[C@@H](O)[C@H]4COS(=O)(=O)c1ccc(C)cc1. The summed E-state index contributed by atoms with van der Waals surface area (Å²) in [6.07, 6.45) is 7.06. The number of hydrogen-bond donors (Lipinski definition) is 1. The molecule has 0 aromatic heterocycles. The smallest absolute Gasteiger partial charge is 0.311 e. The van der Waals surface area contributed by atoms with Crippen molar-refractivity contribution in [3.63, 3.8) is 0 Å². The zero-order valence-electron chi connectivity index (χ0n) is 21.5. The van der Waals surface area contributed by atoms with Crippen molar-refractivity contribution >= 4 is 16.1 Å². The quantitative estimate of drug-likeness (QED) is 0.454. The summed E-state index contributed by atoms with van der Waals surface area (Å²) in [5.74, 6) is 0.521. The van der Waals surface area contributed by atoms with Crippen molar-refractivity contribution in [1.82, 2.24) is 0 Å². The minimum atomic E-state index is -3.87. The van der Waals surface area contributed by atoms with E-state index in [1.165, 1.54) is 7.11 Å². The summed E-state index contributed by atoms with van der Waals surface area (Å²) >= 11 is 0. The van der Waals surface area contributed by atoms with E-state index >= 15 is 0 Å². The van der Waals surface area contributed by atoms with Gasteiger partial charge in [0.25, 0.3) is 10.1 Å². The number of hydrogen-bond acceptors (Lipinski definition) is 6. The molecule has 0 heterocycles. The molecule has 5 saturated carbocycles. The highest BCUT2D eigenvalue weighted by Crippen LogP contribution is 2.72. The van der Waals surface area contributed by atoms with Crippen molar-refractivity contribution in [3.05, 3.63) is 29.8 Å². The van der Waals surface area contributed by atoms with E-state index in [0.29, 0.717) is 5.92 Å². The van der Waals surface area contributed by atoms with Gasteiger partial charge in [0, 0.05) is 11.3 Å². The van der Waals surface area contributed by atoms with Gasteiger partial charge in [-0.25, -0.2) is 0 Å². The van der Waals surface area contributed by atoms with Gasteiger partial charge in [0.05, 0.1) is 30.1 Å². The molecule has 0 saturated heterocycles. The van der Waals surface area contributed by atoms with Crippen LogP contribution in [-0.2, 0) is 23.8 Å². The summed E-state index contributed by atoms with van der Waals surface area (Å²) in [4.78, 5) is 13.0. The molecule has 6 rings (SSSR count). The Bertz CT molecular complexity index is 1080. The Labute approximate surface area is 209 Å². The fourth-order valence-electron chi connectivity index (χ4n) is 9.12. The Morgan fingerprint density at radius 3 is 2.43 bits per heavy atom. The summed E-state index contributed by atoms with van der Waals surface area (Å²) in [5, 5.41) is 11.8. The fraction of sp³-hybridized carbons (Fsp3) is 0.750. The van der Waals surface area contributed by atoms with Crippen LogP contribution < -0.4 is 0 Å². The normalized spacial score (nSPS) is 42.7. The highest BCUT2D eigenvalue weighted by molar-refractivity contribution is 7.86. The minimum absolute atomic E-state index is 0.0243. The third kappa shape index (κ3) is 3.71. The number of fused-ring (bicyclic) bond motifs is 3. The van der Waals surface area contributed by atoms with Crippen LogP contribution in [0.1, 0.15) is 70.8 Å². The number of carbonyl (C=O) groups excluding carboxylic acids is 1. The van der Waals surface area contributed by atoms with Gasteiger partial charge < -0.3 is 9.84 Å². The number of rotatable bonds is 5. The Morgan fingerprint density at radius 1 is 1.06 bits per heavy atom. The van der Waals surface area contributed by atoms with Crippen LogP contribution in [-0.4, -0.2) is 39.3 Å². The summed E-state index contributed by atoms with van der Waals surface area (Å²) in [5.41, 5.74) is 0.258. The zero-order chi connectivity index (χ0) is 25.2. The number of esters is 1. The maximum Gasteiger partial charge on any atom is 0.311 e. The average molecular weight is 505 g/mol. The van der Waals surface area contributed by atoms with Gasteiger partial charge in [-0.2, -0.15) is 8.42 Å². The lowest BCUT2D eigenvalue weighted by atomic mass is 9.35. The lowest BCUT2D eigenvalue weighted by Crippen LogP contribution is -2.67. The first-order valence-corrected chi connectivity index (χ1v) is 14.6. The second-order valence-corrected chi connectivity index (χ2v) is 14.0. The Balaban J connectivity index is 1.38. The molecule has 0 unspecified atom stereocenters. The van der Waals surface area contributed by atoms with Crippen LogP contribution in [0, 0.1) is 46.8 Å². The van der Waals surface area contributed by atoms with Crippen LogP contribution in [0.2, 0.25) is 0 Å². The van der Waals surface area contributed by atoms with Crippen LogP contribution in [0.5, 0.6) is 0 Å². The van der Waals surface area contributed by atoms with Crippen molar-refractivity contribution in [2.75, 3.05) is 13.7 Å². The van der Waals surface area contributed by atoms with Crippen LogP contribution in [0.4, 0.5) is 0 Å². The fourth-order valence-corrected chi connectivity index (χ4v) is 10.1. The van der Waals surface area contributed by atoms with E-state index in [4.69, 9.17) is 8.92 Å². The van der Waals surface area contributed by atoms with Crippen molar-refractivity contribution in [1.29, 1.82) is 0 Å². The first-order valence-electron chi connectivity index (χ1n) is 13.2. The summed E-state index contributed by atoms with van der Waals surface area (Å²) in [6, 6.07) is 6.68. The number of ether oxygens (including phenoxy) is 1. The van der Waals surface area contributed by atoms with Crippen LogP contribution >= 0.6 is 0 Å². The van der Waals surface area contributed by atoms with Crippen molar-refractivity contribution < 1.29 is 27.2 Å². The standard InChI is InChI=1S/C28H40O6S/c1-18-6-8-20(9-7-18)35(31,32)34-17-21-19-10-14-28(24(21)29)15-11-22-26(2,23(28)16-19)12-5-13-27(22,3)25(30)33-4/h6-9,19,21-24,29H,5,10-17H2,1-4H3/t19-,21-,22-,23-,24-,26+,27+,28-/m0/s1. The van der Waals surface area contributed by atoms with Crippen LogP contribution in [0.25, 0.3) is 0 Å². The molecule has 0 radical (unpaired) electrons. The topological polar surface area (TPSA) is 89.9 Å². The van der Waals surface area contributed by atoms with Crippen LogP contribution in [0.3, 0.4) is 0 Å². The first kappa shape index (κ1) is 25.2. The molecule has 5 aliphatic rings. The average Bonchev–Trinajstić information content (AvgIpc) is 2.83. The van der Waals surface area contributed by atoms with Crippen LogP contribution in [0.15, 0.2) is 29.2 Å². The van der Waals surface area contributed by atoms with E-state index in [0.717, 1.165) is 56.9 Å². The molecule has 5 aliphatic carbocycles. The molecule has 1 aromatic rings. The first-order chi connectivity index (χ1) is 16.5. The second kappa shape index (κ2) is 8.56. The molecule has 7 heteroatoms. The number of benzene rings is 1. The molecule has 1 spiro atoms. The maximum absolute atomic E-state index is 12.9. The monoisotopic (exact) mass is 504 g/mol. The van der Waals surface area contributed by atoms with Crippen molar-refractivity contribution in [3.8, 4) is 0 Å². The largest absolute Gasteiger partial charge is 0.469 e. The Morgan fingerprint density at radius 2 is 1.74 bits per heavy atom. The number of aliphatic hydroxyl groups excluding tert-OH is 1. The Kier molecular flexibility index (Phi) is 6.17. The molecule has 35 heavy (non-hydrogen) atoms. The third-order valence-electron chi connectivity index (χ3n) is 10.9. The molecule has 6 nitrogen and oxygen atoms in total. The highest BCUT2D eigenvalue weighted by atomic mass is 32.2. The zero-order valence-corrected chi connectivity index (χ0v) is 22.3. The molecule has 8 atom stereocenters. The molecular weight excluding hydrogens is 464 g/mol. The third-order valence-corrected chi connectivity index (χ3v) is 12.2. The molecule has 194 valence electrons.